The number of nitrogens with zero attached hydrogens (tertiary/aromatic N) is 2. The van der Waals surface area contributed by atoms with E-state index in [2.05, 4.69) is 5.10 Å². The second kappa shape index (κ2) is 4.91. The molecule has 0 saturated carbocycles. The van der Waals surface area contributed by atoms with E-state index >= 15 is 0 Å². The smallest absolute Gasteiger partial charge is 0.364 e. The molecule has 0 amide bonds. The molecule has 0 spiro atoms. The highest BCUT2D eigenvalue weighted by molar-refractivity contribution is 5.89. The molecule has 2 N–H and O–H groups in total. The molecule has 2 aromatic rings. The van der Waals surface area contributed by atoms with Crippen molar-refractivity contribution in [1.82, 2.24) is 9.78 Å². The number of rotatable bonds is 3. The molecule has 0 unspecified atom stereocenters. The molecule has 5 heteroatoms. The van der Waals surface area contributed by atoms with Crippen molar-refractivity contribution in [3.05, 3.63) is 41.6 Å². The lowest BCUT2D eigenvalue weighted by atomic mass is 10.2. The van der Waals surface area contributed by atoms with Crippen molar-refractivity contribution in [2.75, 3.05) is 5.73 Å². The zero-order chi connectivity index (χ0) is 13.1. The van der Waals surface area contributed by atoms with Crippen LogP contribution in [0.1, 0.15) is 23.0 Å². The monoisotopic (exact) mass is 245 g/mol. The summed E-state index contributed by atoms with van der Waals surface area (Å²) in [6, 6.07) is 8.84. The van der Waals surface area contributed by atoms with Gasteiger partial charge in [-0.15, -0.1) is 0 Å². The van der Waals surface area contributed by atoms with Gasteiger partial charge < -0.3 is 10.5 Å². The van der Waals surface area contributed by atoms with Crippen LogP contribution in [0.3, 0.4) is 0 Å². The summed E-state index contributed by atoms with van der Waals surface area (Å²) in [5.41, 5.74) is 6.82. The van der Waals surface area contributed by atoms with Gasteiger partial charge in [0, 0.05) is 12.6 Å². The van der Waals surface area contributed by atoms with E-state index in [1.54, 1.807) is 10.7 Å². The molecule has 0 aliphatic rings. The molecule has 5 nitrogen and oxygen atoms in total. The molecule has 18 heavy (non-hydrogen) atoms. The number of hydrogen-bond acceptors (Lipinski definition) is 4. The van der Waals surface area contributed by atoms with Gasteiger partial charge in [0.15, 0.2) is 5.69 Å². The first kappa shape index (κ1) is 12.2. The molecule has 1 heterocycles. The largest absolute Gasteiger partial charge is 0.421 e. The maximum atomic E-state index is 11.9. The minimum Gasteiger partial charge on any atom is -0.421 e. The number of ether oxygens (including phenoxy) is 1. The molecule has 0 atom stereocenters. The minimum absolute atomic E-state index is 0.220. The first-order valence-electron chi connectivity index (χ1n) is 5.73. The summed E-state index contributed by atoms with van der Waals surface area (Å²) in [4.78, 5) is 11.9. The van der Waals surface area contributed by atoms with Gasteiger partial charge in [-0.3, -0.25) is 0 Å². The molecule has 1 aromatic carbocycles. The number of aromatic nitrogens is 2. The minimum atomic E-state index is -0.497. The normalized spacial score (nSPS) is 10.3. The second-order valence-electron chi connectivity index (χ2n) is 3.93. The van der Waals surface area contributed by atoms with Gasteiger partial charge in [0.25, 0.3) is 0 Å². The van der Waals surface area contributed by atoms with Crippen LogP contribution in [0.5, 0.6) is 5.75 Å². The molecule has 0 aliphatic heterocycles. The molecule has 0 aliphatic carbocycles. The van der Waals surface area contributed by atoms with Crippen LogP contribution < -0.4 is 10.5 Å². The summed E-state index contributed by atoms with van der Waals surface area (Å²) >= 11 is 0. The van der Waals surface area contributed by atoms with Crippen LogP contribution in [-0.4, -0.2) is 15.7 Å². The molecule has 0 fully saturated rings. The SMILES string of the molecule is CCn1nc(C(=O)Oc2ccccc2C)cc1N. The Morgan fingerprint density at radius 2 is 2.17 bits per heavy atom. The second-order valence-corrected chi connectivity index (χ2v) is 3.93. The van der Waals surface area contributed by atoms with Crippen LogP contribution in [0, 0.1) is 6.92 Å². The Bertz CT molecular complexity index is 575. The summed E-state index contributed by atoms with van der Waals surface area (Å²) in [5, 5.41) is 4.07. The highest BCUT2D eigenvalue weighted by Gasteiger charge is 2.15. The van der Waals surface area contributed by atoms with E-state index < -0.39 is 5.97 Å². The van der Waals surface area contributed by atoms with Crippen molar-refractivity contribution in [2.45, 2.75) is 20.4 Å². The van der Waals surface area contributed by atoms with Crippen LogP contribution in [0.25, 0.3) is 0 Å². The number of para-hydroxylation sites is 1. The Morgan fingerprint density at radius 3 is 2.78 bits per heavy atom. The van der Waals surface area contributed by atoms with Gasteiger partial charge >= 0.3 is 5.97 Å². The maximum absolute atomic E-state index is 11.9. The number of aryl methyl sites for hydroxylation is 2. The highest BCUT2D eigenvalue weighted by Crippen LogP contribution is 2.18. The molecule has 0 bridgehead atoms. The number of hydrogen-bond donors (Lipinski definition) is 1. The van der Waals surface area contributed by atoms with Crippen molar-refractivity contribution in [3.8, 4) is 5.75 Å². The van der Waals surface area contributed by atoms with Crippen molar-refractivity contribution >= 4 is 11.8 Å². The van der Waals surface area contributed by atoms with E-state index in [1.165, 1.54) is 6.07 Å². The van der Waals surface area contributed by atoms with Gasteiger partial charge in [0.05, 0.1) is 0 Å². The van der Waals surface area contributed by atoms with Crippen molar-refractivity contribution in [1.29, 1.82) is 0 Å². The van der Waals surface area contributed by atoms with Crippen LogP contribution in [0.4, 0.5) is 5.82 Å². The van der Waals surface area contributed by atoms with Crippen LogP contribution >= 0.6 is 0 Å². The Balaban J connectivity index is 2.19. The predicted octanol–water partition coefficient (Wildman–Crippen LogP) is 2.01. The molecular weight excluding hydrogens is 230 g/mol. The van der Waals surface area contributed by atoms with Crippen molar-refractivity contribution in [3.63, 3.8) is 0 Å². The topological polar surface area (TPSA) is 70.1 Å². The number of benzene rings is 1. The average molecular weight is 245 g/mol. The fraction of sp³-hybridized carbons (Fsp3) is 0.231. The van der Waals surface area contributed by atoms with Gasteiger partial charge in [-0.2, -0.15) is 5.10 Å². The average Bonchev–Trinajstić information content (AvgIpc) is 2.73. The molecule has 94 valence electrons. The number of carbonyl (C=O) groups excluding carboxylic acids is 1. The fourth-order valence-corrected chi connectivity index (χ4v) is 1.61. The quantitative estimate of drug-likeness (QED) is 0.663. The zero-order valence-electron chi connectivity index (χ0n) is 10.4. The van der Waals surface area contributed by atoms with Crippen molar-refractivity contribution in [2.24, 2.45) is 0 Å². The Hall–Kier alpha value is -2.30. The molecule has 0 radical (unpaired) electrons. The summed E-state index contributed by atoms with van der Waals surface area (Å²) < 4.78 is 6.82. The molecule has 0 saturated heterocycles. The summed E-state index contributed by atoms with van der Waals surface area (Å²) in [7, 11) is 0. The Kier molecular flexibility index (Phi) is 3.32. The summed E-state index contributed by atoms with van der Waals surface area (Å²) in [6.07, 6.45) is 0. The Morgan fingerprint density at radius 1 is 1.44 bits per heavy atom. The first-order chi connectivity index (χ1) is 8.61. The number of esters is 1. The lowest BCUT2D eigenvalue weighted by Crippen LogP contribution is -2.11. The maximum Gasteiger partial charge on any atom is 0.364 e. The number of nitrogen functional groups attached to an aromatic ring is 1. The van der Waals surface area contributed by atoms with Gasteiger partial charge in [0.2, 0.25) is 0 Å². The number of anilines is 1. The van der Waals surface area contributed by atoms with Gasteiger partial charge in [0.1, 0.15) is 11.6 Å². The molecular formula is C13H15N3O2. The fourth-order valence-electron chi connectivity index (χ4n) is 1.61. The Labute approximate surface area is 105 Å². The van der Waals surface area contributed by atoms with Crippen molar-refractivity contribution < 1.29 is 9.53 Å². The number of nitrogens with two attached hydrogens (primary N) is 1. The van der Waals surface area contributed by atoms with E-state index in [4.69, 9.17) is 10.5 Å². The van der Waals surface area contributed by atoms with Gasteiger partial charge in [-0.05, 0) is 25.5 Å². The van der Waals surface area contributed by atoms with Gasteiger partial charge in [-0.1, -0.05) is 18.2 Å². The summed E-state index contributed by atoms with van der Waals surface area (Å²) in [5.74, 6) is 0.490. The van der Waals surface area contributed by atoms with E-state index in [-0.39, 0.29) is 5.69 Å². The van der Waals surface area contributed by atoms with Gasteiger partial charge in [-0.25, -0.2) is 9.48 Å². The third-order valence-corrected chi connectivity index (χ3v) is 2.62. The van der Waals surface area contributed by atoms with Crippen LogP contribution in [0.2, 0.25) is 0 Å². The van der Waals surface area contributed by atoms with Crippen LogP contribution in [-0.2, 0) is 6.54 Å². The lowest BCUT2D eigenvalue weighted by molar-refractivity contribution is 0.0726. The van der Waals surface area contributed by atoms with E-state index in [1.807, 2.05) is 32.0 Å². The lowest BCUT2D eigenvalue weighted by Gasteiger charge is -2.04. The highest BCUT2D eigenvalue weighted by atomic mass is 16.5. The third-order valence-electron chi connectivity index (χ3n) is 2.62. The molecule has 2 rings (SSSR count). The van der Waals surface area contributed by atoms with E-state index in [0.717, 1.165) is 5.56 Å². The van der Waals surface area contributed by atoms with E-state index in [0.29, 0.717) is 18.1 Å². The third kappa shape index (κ3) is 2.34. The van der Waals surface area contributed by atoms with E-state index in [9.17, 15) is 4.79 Å². The molecule has 1 aromatic heterocycles. The zero-order valence-corrected chi connectivity index (χ0v) is 10.4. The number of carbonyl (C=O) groups is 1. The standard InChI is InChI=1S/C13H15N3O2/c1-3-16-12(14)8-10(15-16)13(17)18-11-7-5-4-6-9(11)2/h4-8H,3,14H2,1-2H3. The van der Waals surface area contributed by atoms with Crippen LogP contribution in [0.15, 0.2) is 30.3 Å². The first-order valence-corrected chi connectivity index (χ1v) is 5.73. The summed E-state index contributed by atoms with van der Waals surface area (Å²) in [6.45, 7) is 4.39. The predicted molar refractivity (Wildman–Crippen MR) is 68.5 cm³/mol.